The van der Waals surface area contributed by atoms with Crippen molar-refractivity contribution in [1.29, 1.82) is 0 Å². The van der Waals surface area contributed by atoms with Crippen molar-refractivity contribution < 1.29 is 33.7 Å². The molecule has 2 heterocycles. The second-order valence-corrected chi connectivity index (χ2v) is 9.68. The van der Waals surface area contributed by atoms with Crippen LogP contribution in [-0.4, -0.2) is 104 Å². The number of ether oxygens (including phenoxy) is 3. The number of methoxy groups -OCH3 is 1. The van der Waals surface area contributed by atoms with Gasteiger partial charge >= 0.3 is 5.97 Å². The molecule has 2 aliphatic heterocycles. The Morgan fingerprint density at radius 2 is 1.97 bits per heavy atom. The molecule has 1 aromatic carbocycles. The fourth-order valence-electron chi connectivity index (χ4n) is 5.18. The molecular formula is C26H40N4O7. The number of hydrogen-bond acceptors (Lipinski definition) is 8. The van der Waals surface area contributed by atoms with Gasteiger partial charge in [-0.1, -0.05) is 13.3 Å². The summed E-state index contributed by atoms with van der Waals surface area (Å²) in [6.45, 7) is 5.87. The number of carboxylic acid groups (broad SMARTS) is 1. The zero-order valence-corrected chi connectivity index (χ0v) is 22.3. The van der Waals surface area contributed by atoms with Crippen LogP contribution in [0.15, 0.2) is 12.1 Å². The van der Waals surface area contributed by atoms with E-state index in [0.29, 0.717) is 56.4 Å². The van der Waals surface area contributed by atoms with Gasteiger partial charge in [-0.05, 0) is 30.5 Å². The van der Waals surface area contributed by atoms with Gasteiger partial charge in [0.2, 0.25) is 24.4 Å². The predicted octanol–water partition coefficient (Wildman–Crippen LogP) is 1.35. The molecule has 1 fully saturated rings. The van der Waals surface area contributed by atoms with Gasteiger partial charge in [0.15, 0.2) is 11.5 Å². The van der Waals surface area contributed by atoms with Gasteiger partial charge in [0, 0.05) is 58.7 Å². The van der Waals surface area contributed by atoms with Crippen molar-refractivity contribution >= 4 is 17.8 Å². The van der Waals surface area contributed by atoms with E-state index < -0.39 is 23.8 Å². The van der Waals surface area contributed by atoms with Crippen LogP contribution in [-0.2, 0) is 14.4 Å². The van der Waals surface area contributed by atoms with Crippen LogP contribution >= 0.6 is 0 Å². The lowest BCUT2D eigenvalue weighted by atomic mass is 9.84. The summed E-state index contributed by atoms with van der Waals surface area (Å²) in [6.07, 6.45) is 2.24. The topological polar surface area (TPSA) is 135 Å². The van der Waals surface area contributed by atoms with Gasteiger partial charge in [0.05, 0.1) is 19.6 Å². The SMILES string of the molecule is CCCCN(CCN)C(=O)CN1C[C@H](c2cc(OC)c3c(c2)OCO3)C(C(=O)O)[C@@H]1CCN(C)C(C)=O. The van der Waals surface area contributed by atoms with E-state index in [1.165, 1.54) is 14.0 Å². The Labute approximate surface area is 218 Å². The second kappa shape index (κ2) is 13.0. The quantitative estimate of drug-likeness (QED) is 0.395. The van der Waals surface area contributed by atoms with E-state index in [2.05, 4.69) is 6.92 Å². The number of amides is 2. The molecule has 1 saturated heterocycles. The molecule has 0 aromatic heterocycles. The number of carbonyl (C=O) groups is 3. The van der Waals surface area contributed by atoms with Crippen molar-refractivity contribution in [3.05, 3.63) is 17.7 Å². The molecule has 2 amide bonds. The fourth-order valence-corrected chi connectivity index (χ4v) is 5.18. The van der Waals surface area contributed by atoms with E-state index in [0.717, 1.165) is 18.4 Å². The number of aliphatic carboxylic acids is 1. The zero-order valence-electron chi connectivity index (χ0n) is 22.3. The van der Waals surface area contributed by atoms with E-state index in [-0.39, 0.29) is 25.2 Å². The third-order valence-corrected chi connectivity index (χ3v) is 7.31. The van der Waals surface area contributed by atoms with Gasteiger partial charge in [0.25, 0.3) is 0 Å². The highest BCUT2D eigenvalue weighted by Crippen LogP contribution is 2.47. The number of likely N-dealkylation sites (tertiary alicyclic amines) is 1. The first kappa shape index (κ1) is 28.5. The van der Waals surface area contributed by atoms with E-state index in [9.17, 15) is 19.5 Å². The minimum Gasteiger partial charge on any atom is -0.493 e. The molecule has 11 heteroatoms. The molecular weight excluding hydrogens is 480 g/mol. The summed E-state index contributed by atoms with van der Waals surface area (Å²) < 4.78 is 16.6. The van der Waals surface area contributed by atoms with Gasteiger partial charge in [-0.25, -0.2) is 0 Å². The van der Waals surface area contributed by atoms with Crippen LogP contribution in [0.1, 0.15) is 44.6 Å². The van der Waals surface area contributed by atoms with Gasteiger partial charge in [-0.2, -0.15) is 0 Å². The first-order chi connectivity index (χ1) is 17.7. The maximum atomic E-state index is 13.3. The van der Waals surface area contributed by atoms with Crippen molar-refractivity contribution in [2.75, 3.05) is 60.2 Å². The lowest BCUT2D eigenvalue weighted by molar-refractivity contribution is -0.144. The van der Waals surface area contributed by atoms with Crippen LogP contribution in [0, 0.1) is 5.92 Å². The van der Waals surface area contributed by atoms with E-state index >= 15 is 0 Å². The van der Waals surface area contributed by atoms with Gasteiger partial charge < -0.3 is 34.9 Å². The maximum absolute atomic E-state index is 13.3. The van der Waals surface area contributed by atoms with Crippen molar-refractivity contribution in [1.82, 2.24) is 14.7 Å². The summed E-state index contributed by atoms with van der Waals surface area (Å²) in [7, 11) is 3.22. The number of nitrogens with zero attached hydrogens (tertiary/aromatic N) is 3. The number of carbonyl (C=O) groups excluding carboxylic acids is 2. The third-order valence-electron chi connectivity index (χ3n) is 7.31. The molecule has 0 spiro atoms. The number of nitrogens with two attached hydrogens (primary N) is 1. The standard InChI is InChI=1S/C26H40N4O7/c1-5-6-9-29(11-8-27)23(32)15-30-14-19(18-12-21(35-4)25-22(13-18)36-16-37-25)24(26(33)34)20(30)7-10-28(3)17(2)31/h12-13,19-20,24H,5-11,14-16,27H2,1-4H3,(H,33,34)/t19-,20+,24?/m1/s1. The Hall–Kier alpha value is -3.05. The monoisotopic (exact) mass is 520 g/mol. The molecule has 2 aliphatic rings. The number of fused-ring (bicyclic) bond motifs is 1. The number of carboxylic acids is 1. The molecule has 206 valence electrons. The first-order valence-electron chi connectivity index (χ1n) is 12.9. The number of unbranched alkanes of at least 4 members (excludes halogenated alkanes) is 1. The normalized spacial score (nSPS) is 20.6. The van der Waals surface area contributed by atoms with Crippen LogP contribution < -0.4 is 19.9 Å². The summed E-state index contributed by atoms with van der Waals surface area (Å²) >= 11 is 0. The van der Waals surface area contributed by atoms with Crippen molar-refractivity contribution in [3.63, 3.8) is 0 Å². The van der Waals surface area contributed by atoms with E-state index in [1.54, 1.807) is 29.0 Å². The Morgan fingerprint density at radius 1 is 1.22 bits per heavy atom. The Morgan fingerprint density at radius 3 is 2.59 bits per heavy atom. The molecule has 1 unspecified atom stereocenters. The van der Waals surface area contributed by atoms with E-state index in [1.807, 2.05) is 4.90 Å². The molecule has 0 saturated carbocycles. The number of rotatable bonds is 13. The minimum absolute atomic E-state index is 0.0670. The smallest absolute Gasteiger partial charge is 0.308 e. The van der Waals surface area contributed by atoms with Crippen molar-refractivity contribution in [2.24, 2.45) is 11.7 Å². The molecule has 3 rings (SSSR count). The van der Waals surface area contributed by atoms with Crippen LogP contribution in [0.2, 0.25) is 0 Å². The molecule has 37 heavy (non-hydrogen) atoms. The maximum Gasteiger partial charge on any atom is 0.308 e. The largest absolute Gasteiger partial charge is 0.493 e. The highest BCUT2D eigenvalue weighted by molar-refractivity contribution is 5.79. The highest BCUT2D eigenvalue weighted by atomic mass is 16.7. The van der Waals surface area contributed by atoms with Crippen molar-refractivity contribution in [2.45, 2.75) is 45.1 Å². The molecule has 3 N–H and O–H groups in total. The summed E-state index contributed by atoms with van der Waals surface area (Å²) in [5.41, 5.74) is 6.51. The molecule has 3 atom stereocenters. The number of benzene rings is 1. The second-order valence-electron chi connectivity index (χ2n) is 9.68. The first-order valence-corrected chi connectivity index (χ1v) is 12.9. The summed E-state index contributed by atoms with van der Waals surface area (Å²) in [5, 5.41) is 10.4. The summed E-state index contributed by atoms with van der Waals surface area (Å²) in [6, 6.07) is 3.15. The van der Waals surface area contributed by atoms with Crippen LogP contribution in [0.3, 0.4) is 0 Å². The third kappa shape index (κ3) is 6.64. The summed E-state index contributed by atoms with van der Waals surface area (Å²) in [4.78, 5) is 43.1. The average molecular weight is 521 g/mol. The highest BCUT2D eigenvalue weighted by Gasteiger charge is 2.47. The Balaban J connectivity index is 1.93. The lowest BCUT2D eigenvalue weighted by Crippen LogP contribution is -2.46. The zero-order chi connectivity index (χ0) is 27.1. The van der Waals surface area contributed by atoms with Crippen molar-refractivity contribution in [3.8, 4) is 17.2 Å². The summed E-state index contributed by atoms with van der Waals surface area (Å²) in [5.74, 6) is -0.848. The van der Waals surface area contributed by atoms with Crippen LogP contribution in [0.5, 0.6) is 17.2 Å². The number of hydrogen-bond donors (Lipinski definition) is 2. The Bertz CT molecular complexity index is 972. The van der Waals surface area contributed by atoms with E-state index in [4.69, 9.17) is 19.9 Å². The predicted molar refractivity (Wildman–Crippen MR) is 137 cm³/mol. The van der Waals surface area contributed by atoms with Crippen LogP contribution in [0.4, 0.5) is 0 Å². The molecule has 0 radical (unpaired) electrons. The van der Waals surface area contributed by atoms with Gasteiger partial charge in [-0.15, -0.1) is 0 Å². The van der Waals surface area contributed by atoms with Gasteiger partial charge in [0.1, 0.15) is 0 Å². The molecule has 0 bridgehead atoms. The fraction of sp³-hybridized carbons (Fsp3) is 0.654. The lowest BCUT2D eigenvalue weighted by Gasteiger charge is -2.30. The molecule has 0 aliphatic carbocycles. The molecule has 11 nitrogen and oxygen atoms in total. The Kier molecular flexibility index (Phi) is 9.99. The molecule has 1 aromatic rings. The van der Waals surface area contributed by atoms with Gasteiger partial charge in [-0.3, -0.25) is 19.3 Å². The minimum atomic E-state index is -0.947. The average Bonchev–Trinajstić information content (AvgIpc) is 3.48. The van der Waals surface area contributed by atoms with Crippen LogP contribution in [0.25, 0.3) is 0 Å².